The van der Waals surface area contributed by atoms with Crippen molar-refractivity contribution in [1.82, 2.24) is 10.2 Å². The fraction of sp³-hybridized carbons (Fsp3) is 0.350. The van der Waals surface area contributed by atoms with E-state index in [2.05, 4.69) is 22.4 Å². The van der Waals surface area contributed by atoms with Crippen LogP contribution in [0.3, 0.4) is 0 Å². The summed E-state index contributed by atoms with van der Waals surface area (Å²) in [5.74, 6) is 0.882. The lowest BCUT2D eigenvalue weighted by Crippen LogP contribution is -2.27. The zero-order valence-corrected chi connectivity index (χ0v) is 16.2. The fourth-order valence-electron chi connectivity index (χ4n) is 3.66. The van der Waals surface area contributed by atoms with Gasteiger partial charge in [0.1, 0.15) is 12.4 Å². The Morgan fingerprint density at radius 2 is 2.27 bits per heavy atom. The second kappa shape index (κ2) is 7.43. The average molecular weight is 389 g/mol. The molecule has 1 amide bonds. The predicted octanol–water partition coefficient (Wildman–Crippen LogP) is 4.37. The molecule has 6 heteroatoms. The van der Waals surface area contributed by atoms with Gasteiger partial charge in [0.2, 0.25) is 0 Å². The molecule has 0 spiro atoms. The molecule has 0 aliphatic carbocycles. The summed E-state index contributed by atoms with van der Waals surface area (Å²) in [4.78, 5) is 16.4. The molecule has 0 radical (unpaired) electrons. The fourth-order valence-corrected chi connectivity index (χ4v) is 4.97. The SMILES string of the molecule is CNC(=O)c1ccc(C2CCCN2CC2=Cc3cc(Cl)ccc3OC2)s1. The molecule has 2 aromatic rings. The maximum atomic E-state index is 11.8. The van der Waals surface area contributed by atoms with Crippen LogP contribution in [0.4, 0.5) is 0 Å². The molecule has 1 unspecified atom stereocenters. The Kier molecular flexibility index (Phi) is 5.02. The van der Waals surface area contributed by atoms with Crippen molar-refractivity contribution >= 4 is 34.9 Å². The molecule has 2 aliphatic rings. The standard InChI is InChI=1S/C20H21ClN2O2S/c1-22-20(24)19-7-6-18(26-19)16-3-2-8-23(16)11-13-9-14-10-15(21)4-5-17(14)25-12-13/h4-7,9-10,16H,2-3,8,11-12H2,1H3,(H,22,24). The third kappa shape index (κ3) is 3.52. The highest BCUT2D eigenvalue weighted by molar-refractivity contribution is 7.14. The van der Waals surface area contributed by atoms with Crippen molar-refractivity contribution in [2.45, 2.75) is 18.9 Å². The second-order valence-corrected chi connectivity index (χ2v) is 8.23. The Hall–Kier alpha value is -1.82. The second-order valence-electron chi connectivity index (χ2n) is 6.68. The molecule has 1 aromatic heterocycles. The van der Waals surface area contributed by atoms with Gasteiger partial charge in [-0.3, -0.25) is 9.69 Å². The van der Waals surface area contributed by atoms with E-state index in [4.69, 9.17) is 16.3 Å². The molecular formula is C20H21ClN2O2S. The van der Waals surface area contributed by atoms with Crippen LogP contribution in [0.25, 0.3) is 6.08 Å². The molecule has 4 nitrogen and oxygen atoms in total. The largest absolute Gasteiger partial charge is 0.489 e. The normalized spacial score (nSPS) is 19.6. The summed E-state index contributed by atoms with van der Waals surface area (Å²) in [6.45, 7) is 2.56. The van der Waals surface area contributed by atoms with Gasteiger partial charge in [-0.05, 0) is 61.4 Å². The highest BCUT2D eigenvalue weighted by atomic mass is 35.5. The highest BCUT2D eigenvalue weighted by Crippen LogP contribution is 2.37. The number of carbonyl (C=O) groups excluding carboxylic acids is 1. The van der Waals surface area contributed by atoms with Gasteiger partial charge in [0.05, 0.1) is 4.88 Å². The zero-order chi connectivity index (χ0) is 18.1. The van der Waals surface area contributed by atoms with Crippen LogP contribution >= 0.6 is 22.9 Å². The summed E-state index contributed by atoms with van der Waals surface area (Å²) in [6.07, 6.45) is 4.50. The number of benzene rings is 1. The topological polar surface area (TPSA) is 41.6 Å². The molecule has 136 valence electrons. The van der Waals surface area contributed by atoms with Crippen molar-refractivity contribution in [3.63, 3.8) is 0 Å². The maximum Gasteiger partial charge on any atom is 0.261 e. The number of nitrogens with zero attached hydrogens (tertiary/aromatic N) is 1. The Morgan fingerprint density at radius 1 is 1.38 bits per heavy atom. The van der Waals surface area contributed by atoms with Gasteiger partial charge in [-0.15, -0.1) is 11.3 Å². The van der Waals surface area contributed by atoms with Crippen molar-refractivity contribution < 1.29 is 9.53 Å². The van der Waals surface area contributed by atoms with Gasteiger partial charge in [-0.1, -0.05) is 11.6 Å². The molecule has 26 heavy (non-hydrogen) atoms. The Labute approximate surface area is 162 Å². The van der Waals surface area contributed by atoms with Crippen LogP contribution in [-0.2, 0) is 0 Å². The van der Waals surface area contributed by atoms with E-state index in [1.807, 2.05) is 24.3 Å². The summed E-state index contributed by atoms with van der Waals surface area (Å²) in [6, 6.07) is 10.1. The van der Waals surface area contributed by atoms with E-state index < -0.39 is 0 Å². The molecule has 3 heterocycles. The van der Waals surface area contributed by atoms with E-state index >= 15 is 0 Å². The smallest absolute Gasteiger partial charge is 0.261 e. The lowest BCUT2D eigenvalue weighted by atomic mass is 10.1. The summed E-state index contributed by atoms with van der Waals surface area (Å²) in [7, 11) is 1.67. The summed E-state index contributed by atoms with van der Waals surface area (Å²) in [5, 5.41) is 3.42. The highest BCUT2D eigenvalue weighted by Gasteiger charge is 2.29. The van der Waals surface area contributed by atoms with Gasteiger partial charge in [0, 0.05) is 35.1 Å². The van der Waals surface area contributed by atoms with Crippen molar-refractivity contribution in [1.29, 1.82) is 0 Å². The van der Waals surface area contributed by atoms with Crippen LogP contribution in [0, 0.1) is 0 Å². The number of amides is 1. The van der Waals surface area contributed by atoms with E-state index in [1.165, 1.54) is 16.9 Å². The first-order valence-electron chi connectivity index (χ1n) is 8.81. The Balaban J connectivity index is 1.51. The molecule has 4 rings (SSSR count). The van der Waals surface area contributed by atoms with Crippen molar-refractivity contribution in [3.8, 4) is 5.75 Å². The zero-order valence-electron chi connectivity index (χ0n) is 14.6. The number of halogens is 1. The van der Waals surface area contributed by atoms with Crippen LogP contribution in [-0.4, -0.2) is 37.6 Å². The van der Waals surface area contributed by atoms with Gasteiger partial charge in [-0.2, -0.15) is 0 Å². The first kappa shape index (κ1) is 17.6. The molecule has 0 saturated carbocycles. The van der Waals surface area contributed by atoms with Gasteiger partial charge in [0.15, 0.2) is 0 Å². The summed E-state index contributed by atoms with van der Waals surface area (Å²) >= 11 is 7.71. The molecule has 1 aromatic carbocycles. The van der Waals surface area contributed by atoms with E-state index in [-0.39, 0.29) is 5.91 Å². The van der Waals surface area contributed by atoms with Crippen molar-refractivity contribution in [2.75, 3.05) is 26.7 Å². The van der Waals surface area contributed by atoms with Crippen LogP contribution in [0.2, 0.25) is 5.02 Å². The Morgan fingerprint density at radius 3 is 3.12 bits per heavy atom. The van der Waals surface area contributed by atoms with Crippen molar-refractivity contribution in [2.24, 2.45) is 0 Å². The van der Waals surface area contributed by atoms with E-state index in [0.29, 0.717) is 12.6 Å². The quantitative estimate of drug-likeness (QED) is 0.845. The number of rotatable bonds is 4. The van der Waals surface area contributed by atoms with Gasteiger partial charge < -0.3 is 10.1 Å². The summed E-state index contributed by atoms with van der Waals surface area (Å²) < 4.78 is 5.89. The van der Waals surface area contributed by atoms with E-state index in [1.54, 1.807) is 18.4 Å². The van der Waals surface area contributed by atoms with E-state index in [9.17, 15) is 4.79 Å². The number of hydrogen-bond acceptors (Lipinski definition) is 4. The molecule has 1 saturated heterocycles. The van der Waals surface area contributed by atoms with E-state index in [0.717, 1.165) is 40.7 Å². The maximum absolute atomic E-state index is 11.8. The number of fused-ring (bicyclic) bond motifs is 1. The predicted molar refractivity (Wildman–Crippen MR) is 106 cm³/mol. The molecule has 2 aliphatic heterocycles. The minimum atomic E-state index is -0.0114. The number of thiophene rings is 1. The number of nitrogens with one attached hydrogen (secondary N) is 1. The van der Waals surface area contributed by atoms with Crippen LogP contribution in [0.15, 0.2) is 35.9 Å². The third-order valence-corrected chi connectivity index (χ3v) is 6.34. The first-order valence-corrected chi connectivity index (χ1v) is 10.0. The van der Waals surface area contributed by atoms with Crippen LogP contribution < -0.4 is 10.1 Å². The van der Waals surface area contributed by atoms with Gasteiger partial charge in [-0.25, -0.2) is 0 Å². The summed E-state index contributed by atoms with van der Waals surface area (Å²) in [5.41, 5.74) is 2.31. The number of carbonyl (C=O) groups is 1. The van der Waals surface area contributed by atoms with Crippen LogP contribution in [0.5, 0.6) is 5.75 Å². The lowest BCUT2D eigenvalue weighted by Gasteiger charge is -2.27. The van der Waals surface area contributed by atoms with Crippen LogP contribution in [0.1, 0.15) is 39.0 Å². The molecule has 0 bridgehead atoms. The number of ether oxygens (including phenoxy) is 1. The van der Waals surface area contributed by atoms with Crippen molar-refractivity contribution in [3.05, 3.63) is 56.2 Å². The minimum Gasteiger partial charge on any atom is -0.489 e. The third-order valence-electron chi connectivity index (χ3n) is 4.92. The lowest BCUT2D eigenvalue weighted by molar-refractivity contribution is 0.0967. The van der Waals surface area contributed by atoms with Gasteiger partial charge in [0.25, 0.3) is 5.91 Å². The Bertz CT molecular complexity index is 861. The van der Waals surface area contributed by atoms with Gasteiger partial charge >= 0.3 is 0 Å². The first-order chi connectivity index (χ1) is 12.6. The molecule has 1 atom stereocenters. The molecule has 1 N–H and O–H groups in total. The molecular weight excluding hydrogens is 368 g/mol. The molecule has 1 fully saturated rings. The monoisotopic (exact) mass is 388 g/mol. The number of hydrogen-bond donors (Lipinski definition) is 1. The minimum absolute atomic E-state index is 0.0114. The number of likely N-dealkylation sites (tertiary alicyclic amines) is 1. The average Bonchev–Trinajstić information content (AvgIpc) is 3.29.